The van der Waals surface area contributed by atoms with Crippen molar-refractivity contribution < 1.29 is 14.8 Å². The molecule has 3 atom stereocenters. The van der Waals surface area contributed by atoms with Crippen molar-refractivity contribution in [1.82, 2.24) is 10.4 Å². The minimum absolute atomic E-state index is 0.157. The maximum atomic E-state index is 13.0. The van der Waals surface area contributed by atoms with Crippen LogP contribution < -0.4 is 10.6 Å². The molecule has 2 amide bonds. The van der Waals surface area contributed by atoms with E-state index in [1.54, 1.807) is 43.3 Å². The lowest BCUT2D eigenvalue weighted by Crippen LogP contribution is -2.30. The molecule has 0 saturated heterocycles. The summed E-state index contributed by atoms with van der Waals surface area (Å²) >= 11 is 31.2. The predicted octanol–water partition coefficient (Wildman–Crippen LogP) is 6.39. The van der Waals surface area contributed by atoms with Crippen LogP contribution in [0.1, 0.15) is 28.8 Å². The van der Waals surface area contributed by atoms with E-state index in [9.17, 15) is 14.8 Å². The van der Waals surface area contributed by atoms with Crippen LogP contribution in [0.4, 0.5) is 5.69 Å². The van der Waals surface area contributed by atoms with Crippen LogP contribution in [0, 0.1) is 5.92 Å². The molecule has 11 heteroatoms. The topological polar surface area (TPSA) is 81.7 Å². The van der Waals surface area contributed by atoms with Crippen LogP contribution in [0.15, 0.2) is 60.4 Å². The summed E-state index contributed by atoms with van der Waals surface area (Å²) in [5.41, 5.74) is 1.66. The molecule has 1 fully saturated rings. The highest BCUT2D eigenvalue weighted by Gasteiger charge is 2.67. The maximum Gasteiger partial charge on any atom is 0.257 e. The molecule has 2 aliphatic rings. The quantitative estimate of drug-likeness (QED) is 0.370. The maximum absolute atomic E-state index is 13.0. The average Bonchev–Trinajstić information content (AvgIpc) is 3.33. The third-order valence-electron chi connectivity index (χ3n) is 5.56. The molecule has 3 unspecified atom stereocenters. The first-order chi connectivity index (χ1) is 16.0. The zero-order chi connectivity index (χ0) is 24.8. The molecular weight excluding hydrogens is 544 g/mol. The van der Waals surface area contributed by atoms with Gasteiger partial charge in [-0.25, -0.2) is 0 Å². The van der Waals surface area contributed by atoms with E-state index in [2.05, 4.69) is 10.6 Å². The summed E-state index contributed by atoms with van der Waals surface area (Å²) in [4.78, 5) is 25.8. The van der Waals surface area contributed by atoms with Gasteiger partial charge in [0.05, 0.1) is 22.5 Å². The number of allylic oxidation sites excluding steroid dienone is 1. The molecule has 0 aromatic heterocycles. The van der Waals surface area contributed by atoms with Gasteiger partial charge in [-0.15, -0.1) is 23.2 Å². The van der Waals surface area contributed by atoms with Gasteiger partial charge in [0, 0.05) is 33.5 Å². The Morgan fingerprint density at radius 1 is 1.03 bits per heavy atom. The summed E-state index contributed by atoms with van der Waals surface area (Å²) in [6.07, 6.45) is 4.66. The molecule has 34 heavy (non-hydrogen) atoms. The fraction of sp³-hybridized carbons (Fsp3) is 0.217. The second-order valence-electron chi connectivity index (χ2n) is 8.03. The van der Waals surface area contributed by atoms with Gasteiger partial charge in [0.15, 0.2) is 0 Å². The molecule has 6 nitrogen and oxygen atoms in total. The van der Waals surface area contributed by atoms with Gasteiger partial charge in [-0.3, -0.25) is 19.9 Å². The molecule has 1 saturated carbocycles. The summed E-state index contributed by atoms with van der Waals surface area (Å²) in [7, 11) is 0. The highest BCUT2D eigenvalue weighted by Crippen LogP contribution is 2.65. The van der Waals surface area contributed by atoms with E-state index in [-0.39, 0.29) is 16.6 Å². The molecule has 2 aromatic rings. The van der Waals surface area contributed by atoms with Crippen molar-refractivity contribution >= 4 is 75.5 Å². The van der Waals surface area contributed by atoms with Crippen molar-refractivity contribution in [3.8, 4) is 0 Å². The molecule has 4 rings (SSSR count). The summed E-state index contributed by atoms with van der Waals surface area (Å²) in [5.74, 6) is -2.15. The predicted molar refractivity (Wildman–Crippen MR) is 135 cm³/mol. The molecule has 2 aromatic carbocycles. The molecule has 1 aliphatic carbocycles. The summed E-state index contributed by atoms with van der Waals surface area (Å²) < 4.78 is -1.33. The lowest BCUT2D eigenvalue weighted by molar-refractivity contribution is -0.117. The molecule has 0 spiro atoms. The Morgan fingerprint density at radius 3 is 2.35 bits per heavy atom. The summed E-state index contributed by atoms with van der Waals surface area (Å²) in [6.45, 7) is 1.76. The molecule has 1 heterocycles. The van der Waals surface area contributed by atoms with E-state index >= 15 is 0 Å². The van der Waals surface area contributed by atoms with E-state index in [0.29, 0.717) is 27.0 Å². The van der Waals surface area contributed by atoms with Crippen LogP contribution in [-0.2, 0) is 4.79 Å². The molecule has 178 valence electrons. The number of benzene rings is 2. The number of hydrogen-bond acceptors (Lipinski definition) is 4. The first kappa shape index (κ1) is 25.2. The van der Waals surface area contributed by atoms with Gasteiger partial charge in [-0.05, 0) is 61.0 Å². The number of carbonyl (C=O) groups is 2. The molecule has 3 N–H and O–H groups in total. The Kier molecular flexibility index (Phi) is 7.11. The number of alkyl halides is 2. The number of nitrogens with one attached hydrogen (secondary N) is 2. The largest absolute Gasteiger partial charge is 0.326 e. The monoisotopic (exact) mass is 559 g/mol. The van der Waals surface area contributed by atoms with Crippen molar-refractivity contribution in [1.29, 1.82) is 0 Å². The average molecular weight is 562 g/mol. The summed E-state index contributed by atoms with van der Waals surface area (Å²) in [5, 5.41) is 17.1. The van der Waals surface area contributed by atoms with E-state index in [1.165, 1.54) is 18.3 Å². The standard InChI is InChI=1S/C23H18Cl5N3O3/c1-11-6-16(4-5-31(11)34)29-21(32)17-10-15(2-3-18(17)26)30-22(33)20-19(23(20,27)28)12-7-13(24)9-14(25)8-12/h2-11,19-20,34H,1H3,(H,29,32)(H,30,33). The zero-order valence-corrected chi connectivity index (χ0v) is 21.3. The lowest BCUT2D eigenvalue weighted by atomic mass is 10.1. The number of halogens is 5. The Morgan fingerprint density at radius 2 is 1.71 bits per heavy atom. The minimum atomic E-state index is -1.33. The van der Waals surface area contributed by atoms with Crippen LogP contribution in [0.25, 0.3) is 0 Å². The smallest absolute Gasteiger partial charge is 0.257 e. The van der Waals surface area contributed by atoms with Gasteiger partial charge in [-0.1, -0.05) is 34.8 Å². The van der Waals surface area contributed by atoms with Gasteiger partial charge in [-0.2, -0.15) is 0 Å². The first-order valence-corrected chi connectivity index (χ1v) is 12.0. The number of amides is 2. The molecule has 0 bridgehead atoms. The first-order valence-electron chi connectivity index (χ1n) is 10.1. The lowest BCUT2D eigenvalue weighted by Gasteiger charge is -2.22. The summed E-state index contributed by atoms with van der Waals surface area (Å²) in [6, 6.07) is 9.14. The third-order valence-corrected chi connectivity index (χ3v) is 7.27. The Labute approximate surface area is 221 Å². The normalized spacial score (nSPS) is 22.7. The number of nitrogens with zero attached hydrogens (tertiary/aromatic N) is 1. The van der Waals surface area contributed by atoms with E-state index in [0.717, 1.165) is 5.06 Å². The van der Waals surface area contributed by atoms with E-state index in [4.69, 9.17) is 58.0 Å². The van der Waals surface area contributed by atoms with Gasteiger partial charge in [0.2, 0.25) is 5.91 Å². The van der Waals surface area contributed by atoms with Gasteiger partial charge in [0.25, 0.3) is 5.91 Å². The SMILES string of the molecule is CC1C=C(NC(=O)c2cc(NC(=O)C3C(c4cc(Cl)cc(Cl)c4)C3(Cl)Cl)ccc2Cl)C=CN1O. The molecular formula is C23H18Cl5N3O3. The minimum Gasteiger partial charge on any atom is -0.326 e. The van der Waals surface area contributed by atoms with Crippen molar-refractivity contribution in [2.75, 3.05) is 5.32 Å². The van der Waals surface area contributed by atoms with Crippen LogP contribution >= 0.6 is 58.0 Å². The van der Waals surface area contributed by atoms with Crippen LogP contribution in [0.5, 0.6) is 0 Å². The van der Waals surface area contributed by atoms with Crippen molar-refractivity contribution in [3.05, 3.63) is 86.6 Å². The third kappa shape index (κ3) is 5.18. The van der Waals surface area contributed by atoms with E-state index in [1.807, 2.05) is 0 Å². The highest BCUT2D eigenvalue weighted by molar-refractivity contribution is 6.53. The molecule has 0 radical (unpaired) electrons. The van der Waals surface area contributed by atoms with E-state index < -0.39 is 28.0 Å². The fourth-order valence-electron chi connectivity index (χ4n) is 3.79. The van der Waals surface area contributed by atoms with Crippen LogP contribution in [-0.4, -0.2) is 32.5 Å². The number of hydrogen-bond donors (Lipinski definition) is 3. The second-order valence-corrected chi connectivity index (χ2v) is 10.8. The number of anilines is 1. The number of hydroxylamine groups is 2. The van der Waals surface area contributed by atoms with Crippen molar-refractivity contribution in [2.45, 2.75) is 23.2 Å². The fourth-order valence-corrected chi connectivity index (χ4v) is 5.36. The Bertz CT molecular complexity index is 1210. The van der Waals surface area contributed by atoms with Gasteiger partial charge < -0.3 is 10.6 Å². The number of rotatable bonds is 5. The van der Waals surface area contributed by atoms with Crippen molar-refractivity contribution in [3.63, 3.8) is 0 Å². The van der Waals surface area contributed by atoms with Gasteiger partial charge >= 0.3 is 0 Å². The van der Waals surface area contributed by atoms with Gasteiger partial charge in [0.1, 0.15) is 4.33 Å². The highest BCUT2D eigenvalue weighted by atomic mass is 35.5. The second kappa shape index (κ2) is 9.61. The van der Waals surface area contributed by atoms with Crippen LogP contribution in [0.3, 0.4) is 0 Å². The zero-order valence-electron chi connectivity index (χ0n) is 17.5. The van der Waals surface area contributed by atoms with Crippen molar-refractivity contribution in [2.24, 2.45) is 5.92 Å². The number of carbonyl (C=O) groups excluding carboxylic acids is 2. The Hall–Kier alpha value is -1.93. The Balaban J connectivity index is 1.49. The molecule has 1 aliphatic heterocycles. The van der Waals surface area contributed by atoms with Crippen LogP contribution in [0.2, 0.25) is 15.1 Å².